The van der Waals surface area contributed by atoms with Gasteiger partial charge in [-0.15, -0.1) is 0 Å². The number of nitrogens with one attached hydrogen (secondary N) is 4. The van der Waals surface area contributed by atoms with E-state index in [0.717, 1.165) is 114 Å². The topological polar surface area (TPSA) is 201 Å². The third-order valence-electron chi connectivity index (χ3n) is 11.4. The van der Waals surface area contributed by atoms with Crippen LogP contribution in [0.3, 0.4) is 0 Å². The number of piperidine rings is 1. The summed E-state index contributed by atoms with van der Waals surface area (Å²) in [4.78, 5) is 24.7. The number of nitrogens with two attached hydrogens (primary N) is 1. The smallest absolute Gasteiger partial charge is 0.247 e. The highest BCUT2D eigenvalue weighted by Gasteiger charge is 2.31. The zero-order chi connectivity index (χ0) is 39.5. The fourth-order valence-electron chi connectivity index (χ4n) is 8.00. The van der Waals surface area contributed by atoms with Crippen molar-refractivity contribution in [2.24, 2.45) is 0 Å². The Kier molecular flexibility index (Phi) is 11.9. The van der Waals surface area contributed by atoms with Gasteiger partial charge in [0.15, 0.2) is 0 Å². The highest BCUT2D eigenvalue weighted by Crippen LogP contribution is 2.37. The standard InChI is InChI=1S/C24H32N4O4.C18H25N3O2/c1-14-22(15(2)32-28-14)16-7-8-18(25-17-9-11-24(3,31)12-10-17)20(13-16)27-23(30)19-5-4-6-21(29)26-19;1-11-17(12(2)23-21-11)13-4-5-16(15(19)10-13)20-14-6-8-18(3,22)9-7-14/h7-8,13,17,19,25,31H,4-6,9-12H2,1-3H3,(H,26,29)(H,27,30);4-5,10,14,20,22H,6-9,19H2,1-3H3/t17?,19-,24?;/m0./s1. The molecule has 296 valence electrons. The average Bonchev–Trinajstić information content (AvgIpc) is 3.66. The number of anilines is 4. The van der Waals surface area contributed by atoms with Crippen molar-refractivity contribution in [2.75, 3.05) is 21.7 Å². The average molecular weight is 756 g/mol. The zero-order valence-corrected chi connectivity index (χ0v) is 33.0. The van der Waals surface area contributed by atoms with Crippen molar-refractivity contribution in [1.29, 1.82) is 0 Å². The van der Waals surface area contributed by atoms with Crippen LogP contribution in [0.25, 0.3) is 22.3 Å². The first kappa shape index (κ1) is 39.8. The molecule has 7 rings (SSSR count). The van der Waals surface area contributed by atoms with Gasteiger partial charge in [-0.05, 0) is 141 Å². The number of rotatable bonds is 8. The molecule has 2 amide bonds. The molecule has 3 aliphatic rings. The number of nitrogens with zero attached hydrogens (tertiary/aromatic N) is 2. The molecule has 4 aromatic rings. The van der Waals surface area contributed by atoms with Crippen LogP contribution in [-0.4, -0.2) is 61.7 Å². The van der Waals surface area contributed by atoms with Gasteiger partial charge in [-0.25, -0.2) is 0 Å². The Labute approximate surface area is 323 Å². The van der Waals surface area contributed by atoms with E-state index < -0.39 is 17.2 Å². The highest BCUT2D eigenvalue weighted by molar-refractivity contribution is 6.00. The highest BCUT2D eigenvalue weighted by atomic mass is 16.5. The maximum absolute atomic E-state index is 13.0. The van der Waals surface area contributed by atoms with Gasteiger partial charge in [0.05, 0.1) is 45.3 Å². The van der Waals surface area contributed by atoms with E-state index in [1.54, 1.807) is 0 Å². The Morgan fingerprint density at radius 2 is 1.25 bits per heavy atom. The second kappa shape index (κ2) is 16.5. The van der Waals surface area contributed by atoms with Crippen LogP contribution in [0.5, 0.6) is 0 Å². The summed E-state index contributed by atoms with van der Waals surface area (Å²) in [6.07, 6.45) is 8.52. The van der Waals surface area contributed by atoms with Crippen molar-refractivity contribution in [3.63, 3.8) is 0 Å². The molecule has 1 atom stereocenters. The number of benzene rings is 2. The fraction of sp³-hybridized carbons (Fsp3) is 0.524. The lowest BCUT2D eigenvalue weighted by atomic mass is 9.83. The van der Waals surface area contributed by atoms with Crippen molar-refractivity contribution in [3.8, 4) is 22.3 Å². The molecule has 0 spiro atoms. The Balaban J connectivity index is 0.000000197. The van der Waals surface area contributed by atoms with E-state index in [-0.39, 0.29) is 17.9 Å². The molecular weight excluding hydrogens is 699 g/mol. The maximum Gasteiger partial charge on any atom is 0.247 e. The molecule has 0 bridgehead atoms. The number of carbonyl (C=O) groups excluding carboxylic acids is 2. The summed E-state index contributed by atoms with van der Waals surface area (Å²) in [5.41, 5.74) is 13.8. The number of carbonyl (C=O) groups is 2. The molecule has 55 heavy (non-hydrogen) atoms. The van der Waals surface area contributed by atoms with E-state index in [9.17, 15) is 19.8 Å². The van der Waals surface area contributed by atoms with Crippen LogP contribution in [0.1, 0.15) is 107 Å². The molecule has 3 fully saturated rings. The number of hydrogen-bond acceptors (Lipinski definition) is 11. The molecule has 2 aromatic heterocycles. The summed E-state index contributed by atoms with van der Waals surface area (Å²) in [5, 5.41) is 41.2. The molecule has 13 heteroatoms. The molecule has 2 saturated carbocycles. The summed E-state index contributed by atoms with van der Waals surface area (Å²) in [6, 6.07) is 12.0. The van der Waals surface area contributed by atoms with E-state index in [0.29, 0.717) is 31.0 Å². The molecule has 2 aromatic carbocycles. The number of amides is 2. The first-order valence-corrected chi connectivity index (χ1v) is 19.6. The quantitative estimate of drug-likeness (QED) is 0.0889. The van der Waals surface area contributed by atoms with Crippen molar-refractivity contribution in [2.45, 2.75) is 141 Å². The third-order valence-corrected chi connectivity index (χ3v) is 11.4. The Morgan fingerprint density at radius 1 is 0.764 bits per heavy atom. The largest absolute Gasteiger partial charge is 0.397 e. The molecule has 13 nitrogen and oxygen atoms in total. The van der Waals surface area contributed by atoms with Crippen LogP contribution < -0.4 is 27.0 Å². The zero-order valence-electron chi connectivity index (χ0n) is 33.0. The van der Waals surface area contributed by atoms with Gasteiger partial charge in [-0.2, -0.15) is 0 Å². The van der Waals surface area contributed by atoms with Gasteiger partial charge in [-0.1, -0.05) is 22.4 Å². The summed E-state index contributed by atoms with van der Waals surface area (Å²) in [6.45, 7) is 11.4. The lowest BCUT2D eigenvalue weighted by Crippen LogP contribution is -2.46. The van der Waals surface area contributed by atoms with E-state index in [1.807, 2.05) is 77.9 Å². The Bertz CT molecular complexity index is 1940. The molecule has 1 aliphatic heterocycles. The van der Waals surface area contributed by atoms with Crippen molar-refractivity contribution >= 4 is 34.6 Å². The summed E-state index contributed by atoms with van der Waals surface area (Å²) in [7, 11) is 0. The number of aryl methyl sites for hydroxylation is 4. The van der Waals surface area contributed by atoms with Gasteiger partial charge in [0.25, 0.3) is 0 Å². The maximum atomic E-state index is 13.0. The number of aromatic nitrogens is 2. The predicted molar refractivity (Wildman–Crippen MR) is 215 cm³/mol. The predicted octanol–water partition coefficient (Wildman–Crippen LogP) is 7.32. The van der Waals surface area contributed by atoms with Crippen LogP contribution in [0.2, 0.25) is 0 Å². The lowest BCUT2D eigenvalue weighted by Gasteiger charge is -2.34. The van der Waals surface area contributed by atoms with Crippen LogP contribution in [0, 0.1) is 27.7 Å². The number of hydrogen-bond donors (Lipinski definition) is 7. The minimum Gasteiger partial charge on any atom is -0.397 e. The van der Waals surface area contributed by atoms with Crippen LogP contribution in [0.4, 0.5) is 22.7 Å². The van der Waals surface area contributed by atoms with Crippen LogP contribution in [0.15, 0.2) is 45.4 Å². The molecule has 2 aliphatic carbocycles. The Hall–Kier alpha value is -4.88. The third kappa shape index (κ3) is 9.87. The minimum absolute atomic E-state index is 0.0894. The van der Waals surface area contributed by atoms with E-state index in [1.165, 1.54) is 0 Å². The Morgan fingerprint density at radius 3 is 1.73 bits per heavy atom. The van der Waals surface area contributed by atoms with E-state index >= 15 is 0 Å². The number of aliphatic hydroxyl groups is 2. The summed E-state index contributed by atoms with van der Waals surface area (Å²) >= 11 is 0. The monoisotopic (exact) mass is 755 g/mol. The SMILES string of the molecule is Cc1noc(C)c1-c1ccc(NC2CCC(C)(O)CC2)c(N)c1.Cc1noc(C)c1-c1ccc(NC2CCC(C)(O)CC2)c(NC(=O)[C@@H]2CCCC(=O)N2)c1. The van der Waals surface area contributed by atoms with Gasteiger partial charge >= 0.3 is 0 Å². The molecule has 3 heterocycles. The fourth-order valence-corrected chi connectivity index (χ4v) is 8.00. The second-order valence-corrected chi connectivity index (χ2v) is 16.3. The molecule has 8 N–H and O–H groups in total. The van der Waals surface area contributed by atoms with E-state index in [4.69, 9.17) is 14.8 Å². The molecule has 0 radical (unpaired) electrons. The normalized spacial score (nSPS) is 25.3. The molecule has 1 saturated heterocycles. The van der Waals surface area contributed by atoms with Crippen molar-refractivity contribution in [3.05, 3.63) is 59.3 Å². The van der Waals surface area contributed by atoms with Gasteiger partial charge in [0.1, 0.15) is 17.6 Å². The van der Waals surface area contributed by atoms with Crippen molar-refractivity contribution in [1.82, 2.24) is 15.6 Å². The van der Waals surface area contributed by atoms with E-state index in [2.05, 4.69) is 31.6 Å². The second-order valence-electron chi connectivity index (χ2n) is 16.3. The lowest BCUT2D eigenvalue weighted by molar-refractivity contribution is -0.128. The first-order chi connectivity index (χ1) is 26.1. The van der Waals surface area contributed by atoms with Gasteiger partial charge < -0.3 is 46.3 Å². The van der Waals surface area contributed by atoms with Crippen LogP contribution >= 0.6 is 0 Å². The van der Waals surface area contributed by atoms with Gasteiger partial charge in [0, 0.05) is 29.6 Å². The first-order valence-electron chi connectivity index (χ1n) is 19.6. The van der Waals surface area contributed by atoms with Gasteiger partial charge in [0.2, 0.25) is 11.8 Å². The van der Waals surface area contributed by atoms with Gasteiger partial charge in [-0.3, -0.25) is 9.59 Å². The van der Waals surface area contributed by atoms with Crippen LogP contribution in [-0.2, 0) is 9.59 Å². The molecular formula is C42H57N7O6. The summed E-state index contributed by atoms with van der Waals surface area (Å²) in [5.74, 6) is 1.21. The minimum atomic E-state index is -0.610. The molecule has 0 unspecified atom stereocenters. The summed E-state index contributed by atoms with van der Waals surface area (Å²) < 4.78 is 10.6. The van der Waals surface area contributed by atoms with Crippen molar-refractivity contribution < 1.29 is 28.8 Å². The number of nitrogen functional groups attached to an aromatic ring is 1.